The van der Waals surface area contributed by atoms with Gasteiger partial charge in [-0.1, -0.05) is 6.92 Å². The van der Waals surface area contributed by atoms with Crippen LogP contribution in [-0.4, -0.2) is 13.1 Å². The molecule has 27 heavy (non-hydrogen) atoms. The molecule has 140 valence electrons. The van der Waals surface area contributed by atoms with Crippen LogP contribution >= 0.6 is 11.3 Å². The van der Waals surface area contributed by atoms with Crippen LogP contribution in [0.2, 0.25) is 0 Å². The SMILES string of the molecule is COc1ccc2c(COC(=O)c3cc4c(s3)CC[C@H](C)C4)cc(=O)oc2c1. The molecule has 0 saturated heterocycles. The molecule has 2 aromatic heterocycles. The number of thiophene rings is 1. The first-order chi connectivity index (χ1) is 13.0. The zero-order valence-electron chi connectivity index (χ0n) is 15.2. The second kappa shape index (κ2) is 7.19. The van der Waals surface area contributed by atoms with E-state index >= 15 is 0 Å². The molecule has 0 fully saturated rings. The third kappa shape index (κ3) is 3.62. The van der Waals surface area contributed by atoms with E-state index in [1.807, 2.05) is 6.07 Å². The van der Waals surface area contributed by atoms with E-state index in [2.05, 4.69) is 6.92 Å². The molecular weight excluding hydrogens is 364 g/mol. The molecule has 0 amide bonds. The lowest BCUT2D eigenvalue weighted by molar-refractivity contribution is 0.0479. The lowest BCUT2D eigenvalue weighted by Crippen LogP contribution is -2.08. The number of benzene rings is 1. The summed E-state index contributed by atoms with van der Waals surface area (Å²) in [5.74, 6) is 0.901. The maximum Gasteiger partial charge on any atom is 0.348 e. The van der Waals surface area contributed by atoms with Crippen LogP contribution in [0.25, 0.3) is 11.0 Å². The summed E-state index contributed by atoms with van der Waals surface area (Å²) in [7, 11) is 1.55. The number of esters is 1. The van der Waals surface area contributed by atoms with Crippen molar-refractivity contribution in [2.45, 2.75) is 32.8 Å². The summed E-state index contributed by atoms with van der Waals surface area (Å²) in [6.45, 7) is 2.26. The molecule has 4 rings (SSSR count). The standard InChI is InChI=1S/C21H20O5S/c1-12-3-6-18-13(7-12)8-19(27-18)21(23)25-11-14-9-20(22)26-17-10-15(24-2)4-5-16(14)17/h4-5,8-10,12H,3,6-7,11H2,1-2H3/t12-/m0/s1. The van der Waals surface area contributed by atoms with Crippen molar-refractivity contribution in [3.63, 3.8) is 0 Å². The molecule has 1 aliphatic carbocycles. The van der Waals surface area contributed by atoms with Gasteiger partial charge in [-0.15, -0.1) is 11.3 Å². The first-order valence-corrected chi connectivity index (χ1v) is 9.74. The van der Waals surface area contributed by atoms with Crippen molar-refractivity contribution in [2.24, 2.45) is 5.92 Å². The first kappa shape index (κ1) is 17.8. The molecule has 0 N–H and O–H groups in total. The monoisotopic (exact) mass is 384 g/mol. The number of hydrogen-bond acceptors (Lipinski definition) is 6. The highest BCUT2D eigenvalue weighted by atomic mass is 32.1. The summed E-state index contributed by atoms with van der Waals surface area (Å²) in [6, 6.07) is 8.55. The topological polar surface area (TPSA) is 65.7 Å². The molecule has 0 unspecified atom stereocenters. The smallest absolute Gasteiger partial charge is 0.348 e. The molecule has 2 heterocycles. The Hall–Kier alpha value is -2.60. The normalized spacial score (nSPS) is 16.1. The fourth-order valence-electron chi connectivity index (χ4n) is 3.48. The first-order valence-electron chi connectivity index (χ1n) is 8.93. The van der Waals surface area contributed by atoms with E-state index < -0.39 is 5.63 Å². The third-order valence-corrected chi connectivity index (χ3v) is 6.14. The molecule has 0 spiro atoms. The van der Waals surface area contributed by atoms with Crippen molar-refractivity contribution in [1.29, 1.82) is 0 Å². The van der Waals surface area contributed by atoms with Gasteiger partial charge in [-0.05, 0) is 48.9 Å². The van der Waals surface area contributed by atoms with Gasteiger partial charge in [0.1, 0.15) is 22.8 Å². The molecule has 0 saturated carbocycles. The van der Waals surface area contributed by atoms with Crippen LogP contribution in [0.3, 0.4) is 0 Å². The van der Waals surface area contributed by atoms with Gasteiger partial charge in [-0.3, -0.25) is 0 Å². The van der Waals surface area contributed by atoms with Gasteiger partial charge in [0, 0.05) is 28.0 Å². The van der Waals surface area contributed by atoms with Gasteiger partial charge in [0.2, 0.25) is 0 Å². The van der Waals surface area contributed by atoms with Gasteiger partial charge in [-0.25, -0.2) is 9.59 Å². The molecule has 6 heteroatoms. The second-order valence-corrected chi connectivity index (χ2v) is 8.07. The van der Waals surface area contributed by atoms with E-state index in [1.54, 1.807) is 25.3 Å². The van der Waals surface area contributed by atoms with Crippen LogP contribution in [0.4, 0.5) is 0 Å². The van der Waals surface area contributed by atoms with Crippen LogP contribution < -0.4 is 10.4 Å². The van der Waals surface area contributed by atoms with Crippen molar-refractivity contribution in [3.05, 3.63) is 61.6 Å². The van der Waals surface area contributed by atoms with Gasteiger partial charge < -0.3 is 13.9 Å². The number of carbonyl (C=O) groups excluding carboxylic acids is 1. The van der Waals surface area contributed by atoms with E-state index in [9.17, 15) is 9.59 Å². The molecule has 0 radical (unpaired) electrons. The van der Waals surface area contributed by atoms with Gasteiger partial charge in [0.15, 0.2) is 0 Å². The number of rotatable bonds is 4. The van der Waals surface area contributed by atoms with Crippen LogP contribution in [0.5, 0.6) is 5.75 Å². The Labute approximate surface area is 160 Å². The minimum absolute atomic E-state index is 0.0201. The van der Waals surface area contributed by atoms with Crippen molar-refractivity contribution in [1.82, 2.24) is 0 Å². The number of ether oxygens (including phenoxy) is 2. The molecule has 3 aromatic rings. The number of aryl methyl sites for hydroxylation is 1. The average molecular weight is 384 g/mol. The molecular formula is C21H20O5S. The van der Waals surface area contributed by atoms with Crippen molar-refractivity contribution >= 4 is 28.3 Å². The lowest BCUT2D eigenvalue weighted by atomic mass is 9.90. The molecule has 1 atom stereocenters. The fraction of sp³-hybridized carbons (Fsp3) is 0.333. The predicted molar refractivity (Wildman–Crippen MR) is 104 cm³/mol. The molecule has 5 nitrogen and oxygen atoms in total. The van der Waals surface area contributed by atoms with E-state index in [4.69, 9.17) is 13.9 Å². The van der Waals surface area contributed by atoms with Crippen LogP contribution in [0.15, 0.2) is 39.5 Å². The van der Waals surface area contributed by atoms with Gasteiger partial charge in [-0.2, -0.15) is 0 Å². The van der Waals surface area contributed by atoms with Crippen LogP contribution in [0.1, 0.15) is 39.0 Å². The zero-order valence-corrected chi connectivity index (χ0v) is 16.1. The van der Waals surface area contributed by atoms with Crippen LogP contribution in [-0.2, 0) is 24.2 Å². The van der Waals surface area contributed by atoms with Crippen molar-refractivity contribution < 1.29 is 18.7 Å². The second-order valence-electron chi connectivity index (χ2n) is 6.94. The summed E-state index contributed by atoms with van der Waals surface area (Å²) >= 11 is 1.52. The van der Waals surface area contributed by atoms with Gasteiger partial charge in [0.25, 0.3) is 0 Å². The van der Waals surface area contributed by atoms with E-state index in [-0.39, 0.29) is 12.6 Å². The summed E-state index contributed by atoms with van der Waals surface area (Å²) in [6.07, 6.45) is 3.21. The Morgan fingerprint density at radius 1 is 1.30 bits per heavy atom. The maximum atomic E-state index is 12.5. The van der Waals surface area contributed by atoms with Gasteiger partial charge >= 0.3 is 11.6 Å². The number of fused-ring (bicyclic) bond motifs is 2. The minimum atomic E-state index is -0.484. The predicted octanol–water partition coefficient (Wildman–Crippen LogP) is 4.34. The average Bonchev–Trinajstić information content (AvgIpc) is 3.08. The highest BCUT2D eigenvalue weighted by Gasteiger charge is 2.21. The summed E-state index contributed by atoms with van der Waals surface area (Å²) in [5, 5.41) is 0.725. The highest BCUT2D eigenvalue weighted by Crippen LogP contribution is 2.32. The molecule has 1 aliphatic rings. The summed E-state index contributed by atoms with van der Waals surface area (Å²) < 4.78 is 15.9. The summed E-state index contributed by atoms with van der Waals surface area (Å²) in [4.78, 5) is 26.3. The van der Waals surface area contributed by atoms with Crippen LogP contribution in [0, 0.1) is 5.92 Å². The van der Waals surface area contributed by atoms with E-state index in [0.717, 1.165) is 24.6 Å². The van der Waals surface area contributed by atoms with E-state index in [0.29, 0.717) is 27.7 Å². The molecule has 0 aliphatic heterocycles. The van der Waals surface area contributed by atoms with Gasteiger partial charge in [0.05, 0.1) is 7.11 Å². The fourth-order valence-corrected chi connectivity index (χ4v) is 4.58. The highest BCUT2D eigenvalue weighted by molar-refractivity contribution is 7.14. The zero-order chi connectivity index (χ0) is 19.0. The number of carbonyl (C=O) groups is 1. The number of hydrogen-bond donors (Lipinski definition) is 0. The Kier molecular flexibility index (Phi) is 4.74. The maximum absolute atomic E-state index is 12.5. The Morgan fingerprint density at radius 2 is 2.15 bits per heavy atom. The largest absolute Gasteiger partial charge is 0.497 e. The third-order valence-electron chi connectivity index (χ3n) is 4.93. The Balaban J connectivity index is 1.55. The Bertz CT molecular complexity index is 1060. The quantitative estimate of drug-likeness (QED) is 0.494. The number of methoxy groups -OCH3 is 1. The van der Waals surface area contributed by atoms with E-state index in [1.165, 1.54) is 27.8 Å². The minimum Gasteiger partial charge on any atom is -0.497 e. The molecule has 0 bridgehead atoms. The lowest BCUT2D eigenvalue weighted by Gasteiger charge is -2.16. The van der Waals surface area contributed by atoms with Crippen molar-refractivity contribution in [3.8, 4) is 5.75 Å². The summed E-state index contributed by atoms with van der Waals surface area (Å²) in [5.41, 5.74) is 1.81. The van der Waals surface area contributed by atoms with Crippen molar-refractivity contribution in [2.75, 3.05) is 7.11 Å². The molecule has 1 aromatic carbocycles. The Morgan fingerprint density at radius 3 is 2.96 bits per heavy atom.